The Hall–Kier alpha value is -3.40. The number of nitrogens with one attached hydrogen (secondary N) is 1. The maximum Gasteiger partial charge on any atom is 0.243 e. The van der Waals surface area contributed by atoms with Gasteiger partial charge in [-0.1, -0.05) is 97.4 Å². The minimum absolute atomic E-state index is 0.0431. The highest BCUT2D eigenvalue weighted by atomic mass is 16.2. The minimum Gasteiger partial charge on any atom is -0.352 e. The number of hydrogen-bond acceptors (Lipinski definition) is 2. The monoisotopic (exact) mass is 442 g/mol. The number of carbonyl (C=O) groups excluding carboxylic acids is 2. The SMILES string of the molecule is CC[C@@H](C)NC(=O)[C@H](Cc1ccccc1)N(Cc1ccccc1)C(=O)Cc1ccc(C)cc1. The molecule has 1 N–H and O–H groups in total. The van der Waals surface area contributed by atoms with Crippen molar-refractivity contribution < 1.29 is 9.59 Å². The van der Waals surface area contributed by atoms with Gasteiger partial charge in [-0.3, -0.25) is 9.59 Å². The highest BCUT2D eigenvalue weighted by Crippen LogP contribution is 2.17. The van der Waals surface area contributed by atoms with E-state index in [1.807, 2.05) is 106 Å². The van der Waals surface area contributed by atoms with E-state index in [2.05, 4.69) is 5.32 Å². The minimum atomic E-state index is -0.598. The van der Waals surface area contributed by atoms with Crippen molar-refractivity contribution in [3.8, 4) is 0 Å². The van der Waals surface area contributed by atoms with Crippen LogP contribution >= 0.6 is 0 Å². The molecule has 0 radical (unpaired) electrons. The second-order valence-electron chi connectivity index (χ2n) is 8.69. The summed E-state index contributed by atoms with van der Waals surface area (Å²) < 4.78 is 0. The Labute approximate surface area is 197 Å². The fourth-order valence-corrected chi connectivity index (χ4v) is 3.76. The fourth-order valence-electron chi connectivity index (χ4n) is 3.76. The molecule has 2 amide bonds. The van der Waals surface area contributed by atoms with Crippen LogP contribution in [0, 0.1) is 6.92 Å². The lowest BCUT2D eigenvalue weighted by atomic mass is 10.0. The maximum absolute atomic E-state index is 13.6. The molecule has 0 unspecified atom stereocenters. The molecule has 4 nitrogen and oxygen atoms in total. The number of amides is 2. The summed E-state index contributed by atoms with van der Waals surface area (Å²) in [5.41, 5.74) is 4.14. The molecule has 3 aromatic rings. The third kappa shape index (κ3) is 7.31. The van der Waals surface area contributed by atoms with E-state index in [0.29, 0.717) is 13.0 Å². The zero-order valence-corrected chi connectivity index (χ0v) is 19.8. The molecule has 0 aromatic heterocycles. The van der Waals surface area contributed by atoms with Crippen LogP contribution in [0.2, 0.25) is 0 Å². The molecule has 2 atom stereocenters. The smallest absolute Gasteiger partial charge is 0.243 e. The zero-order chi connectivity index (χ0) is 23.6. The number of nitrogens with zero attached hydrogens (tertiary/aromatic N) is 1. The molecule has 0 saturated carbocycles. The molecule has 0 bridgehead atoms. The third-order valence-electron chi connectivity index (χ3n) is 5.94. The van der Waals surface area contributed by atoms with Crippen LogP contribution in [-0.4, -0.2) is 28.8 Å². The topological polar surface area (TPSA) is 49.4 Å². The van der Waals surface area contributed by atoms with Crippen molar-refractivity contribution in [1.82, 2.24) is 10.2 Å². The van der Waals surface area contributed by atoms with Gasteiger partial charge in [-0.2, -0.15) is 0 Å². The molecular weight excluding hydrogens is 408 g/mol. The summed E-state index contributed by atoms with van der Waals surface area (Å²) in [6.45, 7) is 6.45. The van der Waals surface area contributed by atoms with E-state index in [4.69, 9.17) is 0 Å². The highest BCUT2D eigenvalue weighted by Gasteiger charge is 2.30. The van der Waals surface area contributed by atoms with Gasteiger partial charge in [0.2, 0.25) is 11.8 Å². The van der Waals surface area contributed by atoms with Crippen LogP contribution in [0.1, 0.15) is 42.5 Å². The van der Waals surface area contributed by atoms with Gasteiger partial charge in [-0.25, -0.2) is 0 Å². The van der Waals surface area contributed by atoms with Crippen molar-refractivity contribution in [2.24, 2.45) is 0 Å². The Morgan fingerprint density at radius 2 is 1.39 bits per heavy atom. The van der Waals surface area contributed by atoms with Crippen LogP contribution in [0.4, 0.5) is 0 Å². The summed E-state index contributed by atoms with van der Waals surface area (Å²) in [5, 5.41) is 3.11. The van der Waals surface area contributed by atoms with Crippen LogP contribution in [0.15, 0.2) is 84.9 Å². The van der Waals surface area contributed by atoms with Gasteiger partial charge in [0, 0.05) is 19.0 Å². The Bertz CT molecular complexity index is 1020. The first-order valence-corrected chi connectivity index (χ1v) is 11.7. The Morgan fingerprint density at radius 1 is 0.818 bits per heavy atom. The number of carbonyl (C=O) groups is 2. The lowest BCUT2D eigenvalue weighted by Gasteiger charge is -2.32. The van der Waals surface area contributed by atoms with Crippen molar-refractivity contribution in [1.29, 1.82) is 0 Å². The first kappa shape index (κ1) is 24.2. The summed E-state index contributed by atoms with van der Waals surface area (Å²) in [7, 11) is 0. The van der Waals surface area contributed by atoms with Gasteiger partial charge in [0.1, 0.15) is 6.04 Å². The van der Waals surface area contributed by atoms with Crippen LogP contribution in [0.3, 0.4) is 0 Å². The Kier molecular flexibility index (Phi) is 8.82. The first-order valence-electron chi connectivity index (χ1n) is 11.7. The van der Waals surface area contributed by atoms with Crippen molar-refractivity contribution in [3.05, 3.63) is 107 Å². The summed E-state index contributed by atoms with van der Waals surface area (Å²) >= 11 is 0. The van der Waals surface area contributed by atoms with Gasteiger partial charge in [-0.05, 0) is 37.0 Å². The average Bonchev–Trinajstić information content (AvgIpc) is 2.83. The molecule has 3 aromatic carbocycles. The fraction of sp³-hybridized carbons (Fsp3) is 0.310. The number of hydrogen-bond donors (Lipinski definition) is 1. The second-order valence-corrected chi connectivity index (χ2v) is 8.69. The zero-order valence-electron chi connectivity index (χ0n) is 19.8. The molecule has 3 rings (SSSR count). The van der Waals surface area contributed by atoms with Gasteiger partial charge in [-0.15, -0.1) is 0 Å². The van der Waals surface area contributed by atoms with E-state index < -0.39 is 6.04 Å². The molecule has 0 saturated heterocycles. The van der Waals surface area contributed by atoms with E-state index in [9.17, 15) is 9.59 Å². The molecule has 0 aliphatic rings. The number of benzene rings is 3. The molecule has 0 heterocycles. The predicted molar refractivity (Wildman–Crippen MR) is 134 cm³/mol. The van der Waals surface area contributed by atoms with Crippen molar-refractivity contribution in [2.45, 2.75) is 58.7 Å². The largest absolute Gasteiger partial charge is 0.352 e. The number of aryl methyl sites for hydroxylation is 1. The van der Waals surface area contributed by atoms with E-state index in [1.54, 1.807) is 4.90 Å². The lowest BCUT2D eigenvalue weighted by Crippen LogP contribution is -2.52. The predicted octanol–water partition coefficient (Wildman–Crippen LogP) is 5.09. The van der Waals surface area contributed by atoms with Crippen LogP contribution in [0.5, 0.6) is 0 Å². The maximum atomic E-state index is 13.6. The Balaban J connectivity index is 1.94. The Morgan fingerprint density at radius 3 is 1.97 bits per heavy atom. The molecule has 0 spiro atoms. The van der Waals surface area contributed by atoms with E-state index in [1.165, 1.54) is 0 Å². The quantitative estimate of drug-likeness (QED) is 0.475. The van der Waals surface area contributed by atoms with Gasteiger partial charge in [0.15, 0.2) is 0 Å². The summed E-state index contributed by atoms with van der Waals surface area (Å²) in [5.74, 6) is -0.163. The summed E-state index contributed by atoms with van der Waals surface area (Å²) in [6.07, 6.45) is 1.56. The molecule has 33 heavy (non-hydrogen) atoms. The second kappa shape index (κ2) is 12.0. The normalized spacial score (nSPS) is 12.6. The van der Waals surface area contributed by atoms with Crippen molar-refractivity contribution in [3.63, 3.8) is 0 Å². The van der Waals surface area contributed by atoms with E-state index >= 15 is 0 Å². The van der Waals surface area contributed by atoms with Gasteiger partial charge >= 0.3 is 0 Å². The lowest BCUT2D eigenvalue weighted by molar-refractivity contribution is -0.141. The van der Waals surface area contributed by atoms with Gasteiger partial charge in [0.25, 0.3) is 0 Å². The van der Waals surface area contributed by atoms with Crippen LogP contribution < -0.4 is 5.32 Å². The number of rotatable bonds is 10. The van der Waals surface area contributed by atoms with Crippen molar-refractivity contribution >= 4 is 11.8 Å². The summed E-state index contributed by atoms with van der Waals surface area (Å²) in [4.78, 5) is 28.8. The first-order chi connectivity index (χ1) is 16.0. The van der Waals surface area contributed by atoms with Crippen LogP contribution in [0.25, 0.3) is 0 Å². The van der Waals surface area contributed by atoms with Crippen LogP contribution in [-0.2, 0) is 29.0 Å². The van der Waals surface area contributed by atoms with Crippen molar-refractivity contribution in [2.75, 3.05) is 0 Å². The molecule has 0 aliphatic heterocycles. The molecule has 0 fully saturated rings. The molecule has 172 valence electrons. The highest BCUT2D eigenvalue weighted by molar-refractivity contribution is 5.89. The molecule has 4 heteroatoms. The standard InChI is InChI=1S/C29H34N2O2/c1-4-23(3)30-29(33)27(19-24-11-7-5-8-12-24)31(21-26-13-9-6-10-14-26)28(32)20-25-17-15-22(2)16-18-25/h5-18,23,27H,4,19-21H2,1-3H3,(H,30,33)/t23-,27+/m1/s1. The molecular formula is C29H34N2O2. The average molecular weight is 443 g/mol. The summed E-state index contributed by atoms with van der Waals surface area (Å²) in [6, 6.07) is 27.2. The molecule has 0 aliphatic carbocycles. The van der Waals surface area contributed by atoms with E-state index in [-0.39, 0.29) is 24.3 Å². The van der Waals surface area contributed by atoms with Gasteiger partial charge < -0.3 is 10.2 Å². The van der Waals surface area contributed by atoms with E-state index in [0.717, 1.165) is 28.7 Å². The van der Waals surface area contributed by atoms with Gasteiger partial charge in [0.05, 0.1) is 6.42 Å². The third-order valence-corrected chi connectivity index (χ3v) is 5.94.